The molecule has 122 valence electrons. The first-order valence-corrected chi connectivity index (χ1v) is 7.56. The molecule has 0 aliphatic heterocycles. The highest BCUT2D eigenvalue weighted by Gasteiger charge is 2.16. The lowest BCUT2D eigenvalue weighted by atomic mass is 10.2. The van der Waals surface area contributed by atoms with E-state index >= 15 is 0 Å². The average molecular weight is 322 g/mol. The van der Waals surface area contributed by atoms with Crippen LogP contribution < -0.4 is 14.2 Å². The fourth-order valence-corrected chi connectivity index (χ4v) is 2.19. The van der Waals surface area contributed by atoms with Crippen LogP contribution in [0.5, 0.6) is 23.0 Å². The molecule has 3 aromatic carbocycles. The maximum Gasteiger partial charge on any atom is 0.267 e. The first kappa shape index (κ1) is 15.7. The van der Waals surface area contributed by atoms with Crippen LogP contribution in [0.4, 0.5) is 0 Å². The molecule has 1 N–H and O–H groups in total. The SMILES string of the molecule is COc1ccc(C(Oc2ccccc2)Oc2ccc(O)cc2)cc1. The fourth-order valence-electron chi connectivity index (χ4n) is 2.19. The van der Waals surface area contributed by atoms with E-state index in [9.17, 15) is 5.11 Å². The number of aromatic hydroxyl groups is 1. The molecular weight excluding hydrogens is 304 g/mol. The minimum atomic E-state index is -0.622. The van der Waals surface area contributed by atoms with Crippen molar-refractivity contribution in [3.63, 3.8) is 0 Å². The zero-order valence-corrected chi connectivity index (χ0v) is 13.3. The number of hydrogen-bond donors (Lipinski definition) is 1. The molecule has 0 aliphatic carbocycles. The highest BCUT2D eigenvalue weighted by Crippen LogP contribution is 2.28. The summed E-state index contributed by atoms with van der Waals surface area (Å²) >= 11 is 0. The van der Waals surface area contributed by atoms with Crippen molar-refractivity contribution in [1.82, 2.24) is 0 Å². The number of ether oxygens (including phenoxy) is 3. The van der Waals surface area contributed by atoms with E-state index in [1.165, 1.54) is 0 Å². The molecule has 4 heteroatoms. The number of rotatable bonds is 6. The summed E-state index contributed by atoms with van der Waals surface area (Å²) in [6, 6.07) is 23.5. The molecule has 0 bridgehead atoms. The van der Waals surface area contributed by atoms with Crippen LogP contribution in [0.15, 0.2) is 78.9 Å². The zero-order chi connectivity index (χ0) is 16.8. The second-order valence-electron chi connectivity index (χ2n) is 5.15. The molecule has 0 radical (unpaired) electrons. The van der Waals surface area contributed by atoms with E-state index in [-0.39, 0.29) is 5.75 Å². The Bertz CT molecular complexity index is 752. The number of phenolic OH excluding ortho intramolecular Hbond substituents is 1. The Morgan fingerprint density at radius 1 is 0.667 bits per heavy atom. The summed E-state index contributed by atoms with van der Waals surface area (Å²) in [7, 11) is 1.62. The highest BCUT2D eigenvalue weighted by molar-refractivity contribution is 5.33. The predicted octanol–water partition coefficient (Wildman–Crippen LogP) is 4.56. The van der Waals surface area contributed by atoms with Crippen LogP contribution in [0.2, 0.25) is 0 Å². The monoisotopic (exact) mass is 322 g/mol. The maximum absolute atomic E-state index is 9.40. The lowest BCUT2D eigenvalue weighted by molar-refractivity contribution is 0.00375. The Labute approximate surface area is 140 Å². The van der Waals surface area contributed by atoms with Crippen LogP contribution in [0, 0.1) is 0 Å². The van der Waals surface area contributed by atoms with E-state index in [2.05, 4.69) is 0 Å². The van der Waals surface area contributed by atoms with Gasteiger partial charge >= 0.3 is 0 Å². The summed E-state index contributed by atoms with van der Waals surface area (Å²) in [6.07, 6.45) is -0.622. The third-order valence-electron chi connectivity index (χ3n) is 3.45. The molecule has 0 amide bonds. The van der Waals surface area contributed by atoms with Gasteiger partial charge in [0, 0.05) is 5.56 Å². The molecule has 0 saturated heterocycles. The van der Waals surface area contributed by atoms with Crippen LogP contribution >= 0.6 is 0 Å². The second kappa shape index (κ2) is 7.42. The van der Waals surface area contributed by atoms with Gasteiger partial charge in [-0.05, 0) is 60.7 Å². The summed E-state index contributed by atoms with van der Waals surface area (Å²) in [4.78, 5) is 0. The van der Waals surface area contributed by atoms with E-state index < -0.39 is 6.29 Å². The van der Waals surface area contributed by atoms with Gasteiger partial charge in [0.15, 0.2) is 0 Å². The molecule has 3 aromatic rings. The van der Waals surface area contributed by atoms with E-state index in [4.69, 9.17) is 14.2 Å². The third-order valence-corrected chi connectivity index (χ3v) is 3.45. The van der Waals surface area contributed by atoms with Crippen LogP contribution in [0.25, 0.3) is 0 Å². The lowest BCUT2D eigenvalue weighted by Gasteiger charge is -2.21. The number of phenols is 1. The van der Waals surface area contributed by atoms with Crippen molar-refractivity contribution in [2.75, 3.05) is 7.11 Å². The molecule has 0 fully saturated rings. The van der Waals surface area contributed by atoms with E-state index in [0.29, 0.717) is 11.5 Å². The van der Waals surface area contributed by atoms with E-state index in [1.807, 2.05) is 54.6 Å². The van der Waals surface area contributed by atoms with Gasteiger partial charge in [0.05, 0.1) is 7.11 Å². The van der Waals surface area contributed by atoms with Crippen molar-refractivity contribution in [2.45, 2.75) is 6.29 Å². The van der Waals surface area contributed by atoms with Gasteiger partial charge in [-0.15, -0.1) is 0 Å². The minimum Gasteiger partial charge on any atom is -0.508 e. The van der Waals surface area contributed by atoms with Gasteiger partial charge in [-0.3, -0.25) is 0 Å². The van der Waals surface area contributed by atoms with Crippen LogP contribution in [0.3, 0.4) is 0 Å². The van der Waals surface area contributed by atoms with Crippen LogP contribution in [0.1, 0.15) is 11.9 Å². The van der Waals surface area contributed by atoms with Gasteiger partial charge in [-0.2, -0.15) is 0 Å². The minimum absolute atomic E-state index is 0.187. The van der Waals surface area contributed by atoms with Gasteiger partial charge in [0.25, 0.3) is 6.29 Å². The molecule has 1 atom stereocenters. The Morgan fingerprint density at radius 3 is 1.79 bits per heavy atom. The molecular formula is C20H18O4. The quantitative estimate of drug-likeness (QED) is 0.676. The first-order chi connectivity index (χ1) is 11.7. The van der Waals surface area contributed by atoms with Crippen molar-refractivity contribution in [1.29, 1.82) is 0 Å². The smallest absolute Gasteiger partial charge is 0.267 e. The van der Waals surface area contributed by atoms with Gasteiger partial charge in [0.1, 0.15) is 23.0 Å². The molecule has 3 rings (SSSR count). The Balaban J connectivity index is 1.85. The van der Waals surface area contributed by atoms with E-state index in [1.54, 1.807) is 31.4 Å². The van der Waals surface area contributed by atoms with Gasteiger partial charge in [-0.25, -0.2) is 0 Å². The summed E-state index contributed by atoms with van der Waals surface area (Å²) in [5, 5.41) is 9.40. The van der Waals surface area contributed by atoms with Crippen molar-refractivity contribution in [3.05, 3.63) is 84.4 Å². The van der Waals surface area contributed by atoms with Gasteiger partial charge in [-0.1, -0.05) is 18.2 Å². The number of para-hydroxylation sites is 1. The number of benzene rings is 3. The maximum atomic E-state index is 9.40. The molecule has 0 heterocycles. The van der Waals surface area contributed by atoms with Crippen molar-refractivity contribution in [2.24, 2.45) is 0 Å². The van der Waals surface area contributed by atoms with Crippen molar-refractivity contribution >= 4 is 0 Å². The Kier molecular flexibility index (Phi) is 4.87. The molecule has 4 nitrogen and oxygen atoms in total. The molecule has 24 heavy (non-hydrogen) atoms. The summed E-state index contributed by atoms with van der Waals surface area (Å²) in [6.45, 7) is 0. The van der Waals surface area contributed by atoms with Gasteiger partial charge < -0.3 is 19.3 Å². The number of hydrogen-bond acceptors (Lipinski definition) is 4. The van der Waals surface area contributed by atoms with Crippen LogP contribution in [-0.2, 0) is 0 Å². The largest absolute Gasteiger partial charge is 0.508 e. The highest BCUT2D eigenvalue weighted by atomic mass is 16.7. The Morgan fingerprint density at radius 2 is 1.21 bits per heavy atom. The molecule has 0 saturated carbocycles. The lowest BCUT2D eigenvalue weighted by Crippen LogP contribution is -2.15. The summed E-state index contributed by atoms with van der Waals surface area (Å²) < 4.78 is 17.1. The topological polar surface area (TPSA) is 47.9 Å². The average Bonchev–Trinajstić information content (AvgIpc) is 2.64. The second-order valence-corrected chi connectivity index (χ2v) is 5.15. The molecule has 0 aromatic heterocycles. The van der Waals surface area contributed by atoms with E-state index in [0.717, 1.165) is 11.3 Å². The third kappa shape index (κ3) is 3.98. The van der Waals surface area contributed by atoms with Gasteiger partial charge in [0.2, 0.25) is 0 Å². The van der Waals surface area contributed by atoms with Crippen molar-refractivity contribution in [3.8, 4) is 23.0 Å². The zero-order valence-electron chi connectivity index (χ0n) is 13.3. The normalized spacial score (nSPS) is 11.5. The summed E-state index contributed by atoms with van der Waals surface area (Å²) in [5.74, 6) is 2.26. The molecule has 1 unspecified atom stereocenters. The Hall–Kier alpha value is -3.14. The van der Waals surface area contributed by atoms with Crippen molar-refractivity contribution < 1.29 is 19.3 Å². The predicted molar refractivity (Wildman–Crippen MR) is 91.5 cm³/mol. The molecule has 0 aliphatic rings. The molecule has 0 spiro atoms. The first-order valence-electron chi connectivity index (χ1n) is 7.56. The summed E-state index contributed by atoms with van der Waals surface area (Å²) in [5.41, 5.74) is 0.854. The van der Waals surface area contributed by atoms with Crippen LogP contribution in [-0.4, -0.2) is 12.2 Å². The standard InChI is InChI=1S/C20H18O4/c1-22-17-11-7-15(8-12-17)20(23-18-5-3-2-4-6-18)24-19-13-9-16(21)10-14-19/h2-14,20-21H,1H3. The fraction of sp³-hybridized carbons (Fsp3) is 0.100. The number of methoxy groups -OCH3 is 1.